The summed E-state index contributed by atoms with van der Waals surface area (Å²) in [6.07, 6.45) is 3.30. The number of carbonyl (C=O) groups is 1. The van der Waals surface area contributed by atoms with Crippen LogP contribution in [-0.2, 0) is 27.8 Å². The van der Waals surface area contributed by atoms with Crippen molar-refractivity contribution in [1.82, 2.24) is 9.71 Å². The van der Waals surface area contributed by atoms with Crippen LogP contribution in [0.5, 0.6) is 0 Å². The van der Waals surface area contributed by atoms with Gasteiger partial charge in [0.25, 0.3) is 0 Å². The summed E-state index contributed by atoms with van der Waals surface area (Å²) in [6, 6.07) is 30.3. The monoisotopic (exact) mass is 551 g/mol. The fraction of sp³-hybridized carbons (Fsp3) is 0.273. The highest BCUT2D eigenvalue weighted by Crippen LogP contribution is 2.49. The Morgan fingerprint density at radius 2 is 1.70 bits per heavy atom. The average molecular weight is 552 g/mol. The minimum atomic E-state index is -3.69. The van der Waals surface area contributed by atoms with E-state index >= 15 is 0 Å². The molecule has 7 heteroatoms. The van der Waals surface area contributed by atoms with Crippen LogP contribution in [-0.4, -0.2) is 19.3 Å². The van der Waals surface area contributed by atoms with Crippen molar-refractivity contribution in [1.29, 1.82) is 0 Å². The van der Waals surface area contributed by atoms with Crippen LogP contribution in [0.4, 0.5) is 5.69 Å². The molecule has 0 unspecified atom stereocenters. The molecule has 0 bridgehead atoms. The molecule has 40 heavy (non-hydrogen) atoms. The molecule has 6 rings (SSSR count). The molecular weight excluding hydrogens is 518 g/mol. The summed E-state index contributed by atoms with van der Waals surface area (Å²) in [5, 5.41) is 0. The summed E-state index contributed by atoms with van der Waals surface area (Å²) in [6.45, 7) is 2.31. The highest BCUT2D eigenvalue weighted by Gasteiger charge is 2.46. The molecule has 1 amide bonds. The lowest BCUT2D eigenvalue weighted by atomic mass is 9.87. The Kier molecular flexibility index (Phi) is 7.26. The van der Waals surface area contributed by atoms with Gasteiger partial charge in [0.1, 0.15) is 0 Å². The highest BCUT2D eigenvalue weighted by atomic mass is 32.2. The summed E-state index contributed by atoms with van der Waals surface area (Å²) in [5.74, 6) is 0.203. The van der Waals surface area contributed by atoms with Crippen LogP contribution in [0, 0.1) is 12.8 Å². The maximum atomic E-state index is 14.0. The van der Waals surface area contributed by atoms with Crippen molar-refractivity contribution in [2.75, 3.05) is 4.90 Å². The molecule has 1 aromatic heterocycles. The fourth-order valence-electron chi connectivity index (χ4n) is 5.81. The van der Waals surface area contributed by atoms with Crippen molar-refractivity contribution >= 4 is 21.6 Å². The third kappa shape index (κ3) is 5.58. The minimum Gasteiger partial charge on any atom is -0.306 e. The van der Waals surface area contributed by atoms with Crippen molar-refractivity contribution in [2.45, 2.75) is 56.0 Å². The molecule has 2 aliphatic carbocycles. The van der Waals surface area contributed by atoms with Gasteiger partial charge in [-0.3, -0.25) is 9.78 Å². The van der Waals surface area contributed by atoms with Crippen molar-refractivity contribution in [3.63, 3.8) is 0 Å². The predicted molar refractivity (Wildman–Crippen MR) is 156 cm³/mol. The number of carbonyl (C=O) groups excluding carboxylic acids is 1. The first-order chi connectivity index (χ1) is 19.4. The van der Waals surface area contributed by atoms with E-state index in [4.69, 9.17) is 0 Å². The average Bonchev–Trinajstić information content (AvgIpc) is 3.78. The number of rotatable bonds is 8. The molecule has 6 nitrogen and oxygen atoms in total. The fourth-order valence-corrected chi connectivity index (χ4v) is 7.09. The maximum Gasteiger partial charge on any atom is 0.241 e. The van der Waals surface area contributed by atoms with E-state index < -0.39 is 10.0 Å². The van der Waals surface area contributed by atoms with Crippen LogP contribution >= 0.6 is 0 Å². The van der Waals surface area contributed by atoms with E-state index in [1.54, 1.807) is 30.3 Å². The Labute approximate surface area is 236 Å². The molecule has 3 atom stereocenters. The summed E-state index contributed by atoms with van der Waals surface area (Å²) >= 11 is 0. The van der Waals surface area contributed by atoms with Gasteiger partial charge in [-0.1, -0.05) is 60.7 Å². The zero-order valence-electron chi connectivity index (χ0n) is 22.5. The second-order valence-electron chi connectivity index (χ2n) is 10.8. The van der Waals surface area contributed by atoms with E-state index in [0.717, 1.165) is 47.5 Å². The van der Waals surface area contributed by atoms with Gasteiger partial charge in [0.05, 0.1) is 17.1 Å². The van der Waals surface area contributed by atoms with Crippen LogP contribution < -0.4 is 9.62 Å². The number of fused-ring (bicyclic) bond motifs is 1. The molecule has 1 N–H and O–H groups in total. The lowest BCUT2D eigenvalue weighted by Crippen LogP contribution is -2.34. The smallest absolute Gasteiger partial charge is 0.241 e. The van der Waals surface area contributed by atoms with Gasteiger partial charge in [0.2, 0.25) is 15.9 Å². The Morgan fingerprint density at radius 1 is 0.950 bits per heavy atom. The van der Waals surface area contributed by atoms with Gasteiger partial charge in [-0.05, 0) is 91.6 Å². The van der Waals surface area contributed by atoms with E-state index in [1.807, 2.05) is 60.4 Å². The number of aromatic nitrogens is 1. The van der Waals surface area contributed by atoms with Crippen LogP contribution in [0.15, 0.2) is 102 Å². The Morgan fingerprint density at radius 3 is 2.45 bits per heavy atom. The first kappa shape index (κ1) is 26.4. The molecule has 1 fully saturated rings. The van der Waals surface area contributed by atoms with E-state index in [-0.39, 0.29) is 28.7 Å². The molecule has 2 aliphatic rings. The van der Waals surface area contributed by atoms with Gasteiger partial charge in [-0.15, -0.1) is 0 Å². The molecule has 0 radical (unpaired) electrons. The molecule has 1 heterocycles. The van der Waals surface area contributed by atoms with Gasteiger partial charge in [0.15, 0.2) is 0 Å². The Balaban J connectivity index is 1.32. The lowest BCUT2D eigenvalue weighted by Gasteiger charge is -2.29. The lowest BCUT2D eigenvalue weighted by molar-refractivity contribution is -0.120. The summed E-state index contributed by atoms with van der Waals surface area (Å²) < 4.78 is 29.3. The first-order valence-electron chi connectivity index (χ1n) is 13.9. The molecule has 0 aliphatic heterocycles. The van der Waals surface area contributed by atoms with E-state index in [0.29, 0.717) is 13.0 Å². The predicted octanol–water partition coefficient (Wildman–Crippen LogP) is 6.08. The standard InChI is InChI=1S/C33H33N3O3S/c1-23-10-8-14-26(34-23)22-36(33(37)31-21-29(31)24-11-4-2-5-12-24)27-19-18-25-13-9-17-32(30(25)20-27)35-40(38,39)28-15-6-3-7-16-28/h2-8,10-12,14-16,18-20,29,31-32,35H,9,13,17,21-22H2,1H3/t29-,31-,32-/m0/s1. The number of nitrogens with one attached hydrogen (secondary N) is 1. The van der Waals surface area contributed by atoms with Crippen LogP contribution in [0.25, 0.3) is 0 Å². The van der Waals surface area contributed by atoms with Crippen molar-refractivity contribution in [2.24, 2.45) is 5.92 Å². The number of aryl methyl sites for hydroxylation is 2. The number of hydrogen-bond donors (Lipinski definition) is 1. The van der Waals surface area contributed by atoms with Crippen LogP contribution in [0.3, 0.4) is 0 Å². The molecule has 4 aromatic rings. The first-order valence-corrected chi connectivity index (χ1v) is 15.4. The number of benzene rings is 3. The highest BCUT2D eigenvalue weighted by molar-refractivity contribution is 7.89. The second kappa shape index (κ2) is 11.0. The quantitative estimate of drug-likeness (QED) is 0.288. The number of anilines is 1. The van der Waals surface area contributed by atoms with Crippen molar-refractivity contribution in [3.05, 3.63) is 125 Å². The van der Waals surface area contributed by atoms with E-state index in [9.17, 15) is 13.2 Å². The summed E-state index contributed by atoms with van der Waals surface area (Å²) in [5.41, 5.74) is 5.74. The van der Waals surface area contributed by atoms with Gasteiger partial charge < -0.3 is 4.90 Å². The van der Waals surface area contributed by atoms with Gasteiger partial charge >= 0.3 is 0 Å². The second-order valence-corrected chi connectivity index (χ2v) is 12.5. The molecule has 204 valence electrons. The Bertz CT molecular complexity index is 1620. The van der Waals surface area contributed by atoms with E-state index in [2.05, 4.69) is 27.9 Å². The molecule has 1 saturated carbocycles. The SMILES string of the molecule is Cc1cccc(CN(C(=O)[C@H]2C[C@H]2c2ccccc2)c2ccc3c(c2)[C@@H](NS(=O)(=O)c2ccccc2)CCC3)n1. The van der Waals surface area contributed by atoms with Crippen molar-refractivity contribution < 1.29 is 13.2 Å². The number of nitrogens with zero attached hydrogens (tertiary/aromatic N) is 2. The maximum absolute atomic E-state index is 14.0. The number of amides is 1. The van der Waals surface area contributed by atoms with E-state index in [1.165, 1.54) is 5.56 Å². The summed E-state index contributed by atoms with van der Waals surface area (Å²) in [7, 11) is -3.69. The van der Waals surface area contributed by atoms with Gasteiger partial charge in [0, 0.05) is 23.3 Å². The minimum absolute atomic E-state index is 0.0781. The van der Waals surface area contributed by atoms with Gasteiger partial charge in [-0.25, -0.2) is 13.1 Å². The normalized spacial score (nSPS) is 20.0. The Hall–Kier alpha value is -3.81. The number of sulfonamides is 1. The third-order valence-corrected chi connectivity index (χ3v) is 9.46. The third-order valence-electron chi connectivity index (χ3n) is 7.97. The molecule has 3 aromatic carbocycles. The zero-order valence-corrected chi connectivity index (χ0v) is 23.3. The molecule has 0 saturated heterocycles. The summed E-state index contributed by atoms with van der Waals surface area (Å²) in [4.78, 5) is 20.8. The largest absolute Gasteiger partial charge is 0.306 e. The van der Waals surface area contributed by atoms with Crippen LogP contribution in [0.1, 0.15) is 59.3 Å². The number of hydrogen-bond acceptors (Lipinski definition) is 4. The van der Waals surface area contributed by atoms with Gasteiger partial charge in [-0.2, -0.15) is 0 Å². The molecule has 0 spiro atoms. The topological polar surface area (TPSA) is 79.4 Å². The van der Waals surface area contributed by atoms with Crippen molar-refractivity contribution in [3.8, 4) is 0 Å². The number of pyridine rings is 1. The van der Waals surface area contributed by atoms with Crippen LogP contribution in [0.2, 0.25) is 0 Å². The zero-order chi connectivity index (χ0) is 27.7. The molecular formula is C33H33N3O3S.